The van der Waals surface area contributed by atoms with E-state index in [9.17, 15) is 13.6 Å². The van der Waals surface area contributed by atoms with Crippen molar-refractivity contribution in [2.24, 2.45) is 0 Å². The molecule has 0 aliphatic carbocycles. The molecule has 0 aliphatic rings. The van der Waals surface area contributed by atoms with E-state index in [2.05, 4.69) is 21.0 Å². The molecule has 0 radical (unpaired) electrons. The zero-order valence-electron chi connectivity index (χ0n) is 10.2. The van der Waals surface area contributed by atoms with Crippen molar-refractivity contribution in [2.75, 3.05) is 0 Å². The zero-order valence-corrected chi connectivity index (χ0v) is 11.7. The molecule has 2 aromatic rings. The van der Waals surface area contributed by atoms with Crippen molar-refractivity contribution >= 4 is 21.7 Å². The van der Waals surface area contributed by atoms with Gasteiger partial charge in [-0.15, -0.1) is 0 Å². The Morgan fingerprint density at radius 1 is 1.42 bits per heavy atom. The Balaban J connectivity index is 2.46. The summed E-state index contributed by atoms with van der Waals surface area (Å²) in [6, 6.07) is 2.90. The lowest BCUT2D eigenvalue weighted by Gasteiger charge is -2.07. The molecule has 1 aromatic heterocycles. The minimum Gasteiger partial charge on any atom is -0.287 e. The van der Waals surface area contributed by atoms with Gasteiger partial charge in [-0.05, 0) is 34.5 Å². The van der Waals surface area contributed by atoms with Crippen LogP contribution in [-0.4, -0.2) is 15.6 Å². The first kappa shape index (κ1) is 13.9. The number of hydrogen-bond acceptors (Lipinski definition) is 2. The Bertz CT molecular complexity index is 625. The summed E-state index contributed by atoms with van der Waals surface area (Å²) >= 11 is 3.22. The highest BCUT2D eigenvalue weighted by molar-refractivity contribution is 9.10. The van der Waals surface area contributed by atoms with Crippen LogP contribution in [0.4, 0.5) is 8.78 Å². The summed E-state index contributed by atoms with van der Waals surface area (Å²) in [5.41, 5.74) is 0.104. The number of nitrogens with zero attached hydrogens (tertiary/aromatic N) is 2. The number of aryl methyl sites for hydroxylation is 1. The average molecular weight is 329 g/mol. The van der Waals surface area contributed by atoms with E-state index in [0.717, 1.165) is 18.6 Å². The predicted octanol–water partition coefficient (Wildman–Crippen LogP) is 3.56. The summed E-state index contributed by atoms with van der Waals surface area (Å²) < 4.78 is 28.5. The Kier molecular flexibility index (Phi) is 4.09. The first-order valence-electron chi connectivity index (χ1n) is 5.75. The lowest BCUT2D eigenvalue weighted by Crippen LogP contribution is -2.13. The normalized spacial score (nSPS) is 10.7. The number of carbonyl (C=O) groups excluding carboxylic acids is 1. The zero-order chi connectivity index (χ0) is 14.0. The minimum atomic E-state index is -0.874. The first-order chi connectivity index (χ1) is 9.04. The van der Waals surface area contributed by atoms with Gasteiger partial charge in [0.25, 0.3) is 0 Å². The standard InChI is InChI=1S/C13H11BrF2N2O/c1-2-5-18-12(10(14)7-17-18)13(19)9-4-3-8(15)6-11(9)16/h3-4,6-7H,2,5H2,1H3. The van der Waals surface area contributed by atoms with Crippen molar-refractivity contribution in [2.45, 2.75) is 19.9 Å². The summed E-state index contributed by atoms with van der Waals surface area (Å²) in [7, 11) is 0. The van der Waals surface area contributed by atoms with Crippen LogP contribution in [0, 0.1) is 11.6 Å². The third kappa shape index (κ3) is 2.73. The van der Waals surface area contributed by atoms with Crippen LogP contribution in [0.2, 0.25) is 0 Å². The van der Waals surface area contributed by atoms with E-state index in [-0.39, 0.29) is 11.3 Å². The molecule has 0 saturated heterocycles. The topological polar surface area (TPSA) is 34.9 Å². The SMILES string of the molecule is CCCn1ncc(Br)c1C(=O)c1ccc(F)cc1F. The summed E-state index contributed by atoms with van der Waals surface area (Å²) in [6.45, 7) is 2.50. The van der Waals surface area contributed by atoms with Crippen molar-refractivity contribution < 1.29 is 13.6 Å². The Hall–Kier alpha value is -1.56. The average Bonchev–Trinajstić information content (AvgIpc) is 2.70. The lowest BCUT2D eigenvalue weighted by molar-refractivity contribution is 0.102. The van der Waals surface area contributed by atoms with Gasteiger partial charge in [0, 0.05) is 12.6 Å². The fraction of sp³-hybridized carbons (Fsp3) is 0.231. The smallest absolute Gasteiger partial charge is 0.215 e. The molecule has 19 heavy (non-hydrogen) atoms. The fourth-order valence-electron chi connectivity index (χ4n) is 1.77. The maximum absolute atomic E-state index is 13.6. The highest BCUT2D eigenvalue weighted by Crippen LogP contribution is 2.22. The molecule has 0 aliphatic heterocycles. The van der Waals surface area contributed by atoms with Gasteiger partial charge < -0.3 is 0 Å². The van der Waals surface area contributed by atoms with Gasteiger partial charge in [-0.1, -0.05) is 6.92 Å². The van der Waals surface area contributed by atoms with Gasteiger partial charge in [0.05, 0.1) is 16.2 Å². The minimum absolute atomic E-state index is 0.167. The fourth-order valence-corrected chi connectivity index (χ4v) is 2.25. The number of aromatic nitrogens is 2. The second-order valence-corrected chi connectivity index (χ2v) is 4.87. The molecule has 0 fully saturated rings. The molecule has 3 nitrogen and oxygen atoms in total. The van der Waals surface area contributed by atoms with Crippen LogP contribution in [0.15, 0.2) is 28.9 Å². The van der Waals surface area contributed by atoms with E-state index in [1.807, 2.05) is 6.92 Å². The van der Waals surface area contributed by atoms with E-state index in [4.69, 9.17) is 0 Å². The molecule has 1 aromatic carbocycles. The van der Waals surface area contributed by atoms with Gasteiger partial charge in [0.15, 0.2) is 0 Å². The van der Waals surface area contributed by atoms with Crippen molar-refractivity contribution in [3.05, 3.63) is 51.8 Å². The van der Waals surface area contributed by atoms with Gasteiger partial charge >= 0.3 is 0 Å². The molecule has 2 rings (SSSR count). The highest BCUT2D eigenvalue weighted by Gasteiger charge is 2.21. The van der Waals surface area contributed by atoms with Crippen LogP contribution in [0.5, 0.6) is 0 Å². The number of hydrogen-bond donors (Lipinski definition) is 0. The Morgan fingerprint density at radius 3 is 2.79 bits per heavy atom. The number of benzene rings is 1. The van der Waals surface area contributed by atoms with Crippen LogP contribution < -0.4 is 0 Å². The van der Waals surface area contributed by atoms with Crippen molar-refractivity contribution in [3.8, 4) is 0 Å². The number of carbonyl (C=O) groups is 1. The van der Waals surface area contributed by atoms with Gasteiger partial charge in [0.2, 0.25) is 5.78 Å². The third-order valence-electron chi connectivity index (χ3n) is 2.62. The second kappa shape index (κ2) is 5.61. The Labute approximate surface area is 117 Å². The van der Waals surface area contributed by atoms with E-state index < -0.39 is 17.4 Å². The summed E-state index contributed by atoms with van der Waals surface area (Å²) in [5, 5.41) is 4.05. The largest absolute Gasteiger partial charge is 0.287 e. The van der Waals surface area contributed by atoms with Crippen molar-refractivity contribution in [1.29, 1.82) is 0 Å². The molecule has 0 unspecified atom stereocenters. The van der Waals surface area contributed by atoms with E-state index in [1.165, 1.54) is 10.9 Å². The summed E-state index contributed by atoms with van der Waals surface area (Å²) in [6.07, 6.45) is 2.28. The molecule has 1 heterocycles. The third-order valence-corrected chi connectivity index (χ3v) is 3.20. The van der Waals surface area contributed by atoms with Crippen LogP contribution in [0.25, 0.3) is 0 Å². The summed E-state index contributed by atoms with van der Waals surface area (Å²) in [4.78, 5) is 12.3. The predicted molar refractivity (Wildman–Crippen MR) is 70.0 cm³/mol. The molecule has 0 amide bonds. The molecule has 100 valence electrons. The number of halogens is 3. The number of rotatable bonds is 4. The maximum atomic E-state index is 13.6. The second-order valence-electron chi connectivity index (χ2n) is 4.02. The maximum Gasteiger partial charge on any atom is 0.215 e. The van der Waals surface area contributed by atoms with E-state index in [0.29, 0.717) is 17.1 Å². The van der Waals surface area contributed by atoms with Crippen LogP contribution in [0.1, 0.15) is 29.4 Å². The van der Waals surface area contributed by atoms with Crippen LogP contribution in [0.3, 0.4) is 0 Å². The molecule has 6 heteroatoms. The molecule has 0 atom stereocenters. The monoisotopic (exact) mass is 328 g/mol. The van der Waals surface area contributed by atoms with E-state index in [1.54, 1.807) is 0 Å². The van der Waals surface area contributed by atoms with Crippen LogP contribution >= 0.6 is 15.9 Å². The molecule has 0 spiro atoms. The molecule has 0 bridgehead atoms. The van der Waals surface area contributed by atoms with Crippen molar-refractivity contribution in [1.82, 2.24) is 9.78 Å². The van der Waals surface area contributed by atoms with Gasteiger partial charge in [-0.2, -0.15) is 5.10 Å². The Morgan fingerprint density at radius 2 is 2.16 bits per heavy atom. The first-order valence-corrected chi connectivity index (χ1v) is 6.55. The number of ketones is 1. The van der Waals surface area contributed by atoms with Gasteiger partial charge in [-0.3, -0.25) is 9.48 Å². The van der Waals surface area contributed by atoms with Gasteiger partial charge in [-0.25, -0.2) is 8.78 Å². The lowest BCUT2D eigenvalue weighted by atomic mass is 10.1. The molecular weight excluding hydrogens is 318 g/mol. The molecule has 0 N–H and O–H groups in total. The quantitative estimate of drug-likeness (QED) is 0.804. The van der Waals surface area contributed by atoms with E-state index >= 15 is 0 Å². The molecular formula is C13H11BrF2N2O. The molecule has 0 saturated carbocycles. The van der Waals surface area contributed by atoms with Crippen molar-refractivity contribution in [3.63, 3.8) is 0 Å². The summed E-state index contributed by atoms with van der Waals surface area (Å²) in [5.74, 6) is -2.10. The van der Waals surface area contributed by atoms with Gasteiger partial charge in [0.1, 0.15) is 17.3 Å². The highest BCUT2D eigenvalue weighted by atomic mass is 79.9. The van der Waals surface area contributed by atoms with Crippen LogP contribution in [-0.2, 0) is 6.54 Å².